The zero-order valence-electron chi connectivity index (χ0n) is 15.1. The number of hydrogen-bond donors (Lipinski definition) is 1. The molecule has 2 aromatic rings. The number of esters is 2. The molecule has 28 heavy (non-hydrogen) atoms. The van der Waals surface area contributed by atoms with Crippen LogP contribution in [0.4, 0.5) is 5.69 Å². The van der Waals surface area contributed by atoms with E-state index < -0.39 is 28.1 Å². The summed E-state index contributed by atoms with van der Waals surface area (Å²) in [6.07, 6.45) is -0.684. The van der Waals surface area contributed by atoms with Gasteiger partial charge in [0.2, 0.25) is 6.10 Å². The van der Waals surface area contributed by atoms with E-state index in [9.17, 15) is 18.0 Å². The molecule has 0 spiro atoms. The van der Waals surface area contributed by atoms with E-state index in [0.29, 0.717) is 18.0 Å². The lowest BCUT2D eigenvalue weighted by Crippen LogP contribution is -2.23. The maximum absolute atomic E-state index is 12.6. The predicted molar refractivity (Wildman–Crippen MR) is 99.6 cm³/mol. The van der Waals surface area contributed by atoms with Gasteiger partial charge in [-0.25, -0.2) is 18.0 Å². The second-order valence-electron chi connectivity index (χ2n) is 5.94. The average molecular weight is 405 g/mol. The maximum atomic E-state index is 12.6. The van der Waals surface area contributed by atoms with Gasteiger partial charge in [-0.3, -0.25) is 4.72 Å². The van der Waals surface area contributed by atoms with Crippen LogP contribution in [0.1, 0.15) is 23.7 Å². The first-order chi connectivity index (χ1) is 13.4. The van der Waals surface area contributed by atoms with Crippen molar-refractivity contribution in [2.75, 3.05) is 17.9 Å². The number of anilines is 1. The van der Waals surface area contributed by atoms with Gasteiger partial charge in [0.15, 0.2) is 0 Å². The molecule has 0 aliphatic carbocycles. The molecule has 1 atom stereocenters. The van der Waals surface area contributed by atoms with Gasteiger partial charge in [-0.05, 0) is 49.4 Å². The Morgan fingerprint density at radius 1 is 1.21 bits per heavy atom. The Morgan fingerprint density at radius 3 is 2.61 bits per heavy atom. The second-order valence-corrected chi connectivity index (χ2v) is 7.62. The smallest absolute Gasteiger partial charge is 0.347 e. The summed E-state index contributed by atoms with van der Waals surface area (Å²) in [7, 11) is -3.92. The molecule has 2 aromatic carbocycles. The SMILES string of the molecule is CCOc1ccc(NS(=O)(=O)c2cccc(C(=O)OC3CCOC3=O)c2)cc1. The molecular formula is C19H19NO7S. The van der Waals surface area contributed by atoms with Crippen LogP contribution in [0.25, 0.3) is 0 Å². The minimum absolute atomic E-state index is 0.0225. The number of carbonyl (C=O) groups is 2. The molecule has 8 nitrogen and oxygen atoms in total. The fourth-order valence-corrected chi connectivity index (χ4v) is 3.68. The zero-order valence-corrected chi connectivity index (χ0v) is 15.9. The first kappa shape index (κ1) is 19.7. The Balaban J connectivity index is 1.74. The Hall–Kier alpha value is -3.07. The lowest BCUT2D eigenvalue weighted by atomic mass is 10.2. The van der Waals surface area contributed by atoms with Crippen LogP contribution in [0.3, 0.4) is 0 Å². The van der Waals surface area contributed by atoms with E-state index >= 15 is 0 Å². The highest BCUT2D eigenvalue weighted by Crippen LogP contribution is 2.21. The normalized spacial score (nSPS) is 16.3. The van der Waals surface area contributed by atoms with Crippen molar-refractivity contribution in [1.29, 1.82) is 0 Å². The number of ether oxygens (including phenoxy) is 3. The van der Waals surface area contributed by atoms with E-state index in [0.717, 1.165) is 0 Å². The molecule has 3 rings (SSSR count). The number of cyclic esters (lactones) is 1. The molecule has 148 valence electrons. The number of hydrogen-bond acceptors (Lipinski definition) is 7. The van der Waals surface area contributed by atoms with E-state index in [1.54, 1.807) is 24.3 Å². The number of sulfonamides is 1. The van der Waals surface area contributed by atoms with E-state index in [2.05, 4.69) is 4.72 Å². The van der Waals surface area contributed by atoms with Crippen LogP contribution >= 0.6 is 0 Å². The van der Waals surface area contributed by atoms with Gasteiger partial charge in [0.1, 0.15) is 5.75 Å². The highest BCUT2D eigenvalue weighted by Gasteiger charge is 2.30. The third kappa shape index (κ3) is 4.61. The maximum Gasteiger partial charge on any atom is 0.347 e. The van der Waals surface area contributed by atoms with Crippen molar-refractivity contribution in [2.45, 2.75) is 24.3 Å². The van der Waals surface area contributed by atoms with Crippen LogP contribution < -0.4 is 9.46 Å². The van der Waals surface area contributed by atoms with Crippen molar-refractivity contribution in [3.05, 3.63) is 54.1 Å². The molecule has 1 N–H and O–H groups in total. The lowest BCUT2D eigenvalue weighted by molar-refractivity contribution is -0.145. The summed E-state index contributed by atoms with van der Waals surface area (Å²) in [4.78, 5) is 23.5. The fourth-order valence-electron chi connectivity index (χ4n) is 2.57. The first-order valence-corrected chi connectivity index (χ1v) is 10.1. The van der Waals surface area contributed by atoms with E-state index in [-0.39, 0.29) is 23.5 Å². The number of carbonyl (C=O) groups excluding carboxylic acids is 2. The largest absolute Gasteiger partial charge is 0.494 e. The van der Waals surface area contributed by atoms with Crippen LogP contribution in [-0.2, 0) is 24.3 Å². The van der Waals surface area contributed by atoms with Crippen LogP contribution in [0.2, 0.25) is 0 Å². The van der Waals surface area contributed by atoms with E-state index in [1.165, 1.54) is 24.3 Å². The Kier molecular flexibility index (Phi) is 5.84. The third-order valence-corrected chi connectivity index (χ3v) is 5.31. The van der Waals surface area contributed by atoms with Gasteiger partial charge in [0.25, 0.3) is 10.0 Å². The number of benzene rings is 2. The molecule has 0 radical (unpaired) electrons. The van der Waals surface area contributed by atoms with Crippen LogP contribution in [0, 0.1) is 0 Å². The summed E-state index contributed by atoms with van der Waals surface area (Å²) in [5, 5.41) is 0. The van der Waals surface area contributed by atoms with Crippen molar-refractivity contribution in [2.24, 2.45) is 0 Å². The Labute approximate surface area is 162 Å². The summed E-state index contributed by atoms with van der Waals surface area (Å²) in [6.45, 7) is 2.55. The van der Waals surface area contributed by atoms with Crippen LogP contribution in [0.15, 0.2) is 53.4 Å². The summed E-state index contributed by atoms with van der Waals surface area (Å²) < 4.78 is 42.8. The molecule has 1 fully saturated rings. The van der Waals surface area contributed by atoms with E-state index in [4.69, 9.17) is 14.2 Å². The van der Waals surface area contributed by atoms with Gasteiger partial charge in [0.05, 0.1) is 23.7 Å². The van der Waals surface area contributed by atoms with Crippen molar-refractivity contribution in [1.82, 2.24) is 0 Å². The molecular weight excluding hydrogens is 386 g/mol. The van der Waals surface area contributed by atoms with Gasteiger partial charge in [-0.2, -0.15) is 0 Å². The highest BCUT2D eigenvalue weighted by molar-refractivity contribution is 7.92. The minimum atomic E-state index is -3.92. The van der Waals surface area contributed by atoms with Crippen molar-refractivity contribution in [3.8, 4) is 5.75 Å². The minimum Gasteiger partial charge on any atom is -0.494 e. The molecule has 0 aromatic heterocycles. The molecule has 0 bridgehead atoms. The van der Waals surface area contributed by atoms with Gasteiger partial charge in [0, 0.05) is 12.1 Å². The molecule has 1 heterocycles. The monoisotopic (exact) mass is 405 g/mol. The third-order valence-electron chi connectivity index (χ3n) is 3.93. The van der Waals surface area contributed by atoms with Crippen molar-refractivity contribution in [3.63, 3.8) is 0 Å². The highest BCUT2D eigenvalue weighted by atomic mass is 32.2. The molecule has 1 aliphatic rings. The summed E-state index contributed by atoms with van der Waals surface area (Å²) in [6, 6.07) is 11.8. The quantitative estimate of drug-likeness (QED) is 0.705. The van der Waals surface area contributed by atoms with Crippen molar-refractivity contribution < 1.29 is 32.2 Å². The topological polar surface area (TPSA) is 108 Å². The molecule has 1 saturated heterocycles. The number of rotatable bonds is 7. The molecule has 1 aliphatic heterocycles. The standard InChI is InChI=1S/C19H19NO7S/c1-2-25-15-8-6-14(7-9-15)20-28(23,24)16-5-3-4-13(12-16)18(21)27-17-10-11-26-19(17)22/h3-9,12,17,20H,2,10-11H2,1H3. The second kappa shape index (κ2) is 8.30. The molecule has 0 saturated carbocycles. The van der Waals surface area contributed by atoms with Gasteiger partial charge >= 0.3 is 11.9 Å². The molecule has 1 unspecified atom stereocenters. The molecule has 9 heteroatoms. The zero-order chi connectivity index (χ0) is 20.1. The fraction of sp³-hybridized carbons (Fsp3) is 0.263. The summed E-state index contributed by atoms with van der Waals surface area (Å²) in [5.41, 5.74) is 0.374. The average Bonchev–Trinajstić information content (AvgIpc) is 3.08. The van der Waals surface area contributed by atoms with Crippen LogP contribution in [0.5, 0.6) is 5.75 Å². The Bertz CT molecular complexity index is 970. The van der Waals surface area contributed by atoms with Gasteiger partial charge < -0.3 is 14.2 Å². The van der Waals surface area contributed by atoms with Crippen molar-refractivity contribution >= 4 is 27.6 Å². The number of nitrogens with one attached hydrogen (secondary N) is 1. The summed E-state index contributed by atoms with van der Waals surface area (Å²) in [5.74, 6) is -0.767. The summed E-state index contributed by atoms with van der Waals surface area (Å²) >= 11 is 0. The predicted octanol–water partition coefficient (Wildman–Crippen LogP) is 2.36. The van der Waals surface area contributed by atoms with Crippen LogP contribution in [-0.4, -0.2) is 39.7 Å². The van der Waals surface area contributed by atoms with Gasteiger partial charge in [-0.1, -0.05) is 6.07 Å². The Morgan fingerprint density at radius 2 is 1.96 bits per heavy atom. The van der Waals surface area contributed by atoms with E-state index in [1.807, 2.05) is 6.92 Å². The van der Waals surface area contributed by atoms with Gasteiger partial charge in [-0.15, -0.1) is 0 Å². The molecule has 0 amide bonds. The first-order valence-electron chi connectivity index (χ1n) is 8.62. The lowest BCUT2D eigenvalue weighted by Gasteiger charge is -2.11.